The van der Waals surface area contributed by atoms with Gasteiger partial charge in [-0.1, -0.05) is 18.2 Å². The van der Waals surface area contributed by atoms with Gasteiger partial charge in [-0.25, -0.2) is 0 Å². The summed E-state index contributed by atoms with van der Waals surface area (Å²) in [5.74, 6) is -0.735. The van der Waals surface area contributed by atoms with E-state index in [1.807, 2.05) is 24.4 Å². The summed E-state index contributed by atoms with van der Waals surface area (Å²) in [6, 6.07) is 3.73. The van der Waals surface area contributed by atoms with E-state index >= 15 is 0 Å². The van der Waals surface area contributed by atoms with E-state index in [4.69, 9.17) is 12.2 Å². The fourth-order valence-corrected chi connectivity index (χ4v) is 2.71. The molecular weight excluding hydrogens is 292 g/mol. The number of nitrogens with zero attached hydrogens (tertiary/aromatic N) is 2. The van der Waals surface area contributed by atoms with Crippen molar-refractivity contribution in [1.29, 1.82) is 0 Å². The minimum absolute atomic E-state index is 0.129. The summed E-state index contributed by atoms with van der Waals surface area (Å²) in [6.07, 6.45) is 1.61. The van der Waals surface area contributed by atoms with Gasteiger partial charge in [0.15, 0.2) is 5.11 Å². The Bertz CT molecular complexity index is 617. The average molecular weight is 306 g/mol. The zero-order chi connectivity index (χ0) is 14.9. The Morgan fingerprint density at radius 1 is 1.45 bits per heavy atom. The lowest BCUT2D eigenvalue weighted by atomic mass is 10.1. The molecule has 0 saturated carbocycles. The van der Waals surface area contributed by atoms with Crippen LogP contribution in [-0.2, 0) is 9.59 Å². The van der Waals surface area contributed by atoms with Crippen molar-refractivity contribution in [3.05, 3.63) is 40.1 Å². The Balaban J connectivity index is 2.41. The molecule has 0 atom stereocenters. The van der Waals surface area contributed by atoms with Crippen LogP contribution >= 0.6 is 23.6 Å². The molecule has 1 aliphatic rings. The molecule has 1 aliphatic heterocycles. The predicted molar refractivity (Wildman–Crippen MR) is 84.2 cm³/mol. The number of amides is 2. The van der Waals surface area contributed by atoms with E-state index in [-0.39, 0.29) is 22.5 Å². The van der Waals surface area contributed by atoms with E-state index in [1.54, 1.807) is 13.1 Å². The second-order valence-electron chi connectivity index (χ2n) is 4.57. The van der Waals surface area contributed by atoms with Gasteiger partial charge in [0.05, 0.1) is 0 Å². The van der Waals surface area contributed by atoms with Gasteiger partial charge in [0.1, 0.15) is 5.57 Å². The smallest absolute Gasteiger partial charge is 0.266 e. The topological polar surface area (TPSA) is 40.6 Å². The van der Waals surface area contributed by atoms with Crippen LogP contribution in [0.3, 0.4) is 0 Å². The Labute approximate surface area is 127 Å². The number of thiocarbonyl (C=S) groups is 1. The first kappa shape index (κ1) is 14.6. The van der Waals surface area contributed by atoms with Crippen molar-refractivity contribution in [3.63, 3.8) is 0 Å². The van der Waals surface area contributed by atoms with E-state index < -0.39 is 0 Å². The third-order valence-corrected chi connectivity index (χ3v) is 4.10. The molecule has 0 bridgehead atoms. The van der Waals surface area contributed by atoms with Gasteiger partial charge in [-0.05, 0) is 36.7 Å². The quantitative estimate of drug-likeness (QED) is 0.372. The normalized spacial score (nSPS) is 18.1. The molecule has 4 nitrogen and oxygen atoms in total. The van der Waals surface area contributed by atoms with Gasteiger partial charge in [0.25, 0.3) is 11.8 Å². The lowest BCUT2D eigenvalue weighted by Gasteiger charge is -2.34. The SMILES string of the molecule is C=C(C)CN1C(=O)/C(=C/c2cccs2)C(=O)N(C)C1=S. The highest BCUT2D eigenvalue weighted by atomic mass is 32.1. The van der Waals surface area contributed by atoms with Crippen LogP contribution in [0, 0.1) is 0 Å². The fourth-order valence-electron chi connectivity index (χ4n) is 1.82. The summed E-state index contributed by atoms with van der Waals surface area (Å²) in [5, 5.41) is 2.11. The van der Waals surface area contributed by atoms with Crippen molar-refractivity contribution in [3.8, 4) is 0 Å². The number of likely N-dealkylation sites (N-methyl/N-ethyl adjacent to an activating group) is 1. The molecule has 2 amide bonds. The molecule has 1 aromatic heterocycles. The molecule has 104 valence electrons. The van der Waals surface area contributed by atoms with Crippen molar-refractivity contribution in [1.82, 2.24) is 9.80 Å². The second kappa shape index (κ2) is 5.68. The van der Waals surface area contributed by atoms with Gasteiger partial charge in [-0.15, -0.1) is 11.3 Å². The highest BCUT2D eigenvalue weighted by Gasteiger charge is 2.37. The molecule has 2 heterocycles. The minimum Gasteiger partial charge on any atom is -0.288 e. The van der Waals surface area contributed by atoms with Crippen molar-refractivity contribution >= 4 is 46.6 Å². The van der Waals surface area contributed by atoms with Crippen molar-refractivity contribution < 1.29 is 9.59 Å². The lowest BCUT2D eigenvalue weighted by Crippen LogP contribution is -2.54. The van der Waals surface area contributed by atoms with Crippen LogP contribution in [0.1, 0.15) is 11.8 Å². The molecule has 2 rings (SSSR count). The monoisotopic (exact) mass is 306 g/mol. The minimum atomic E-state index is -0.369. The van der Waals surface area contributed by atoms with E-state index in [0.717, 1.165) is 10.5 Å². The van der Waals surface area contributed by atoms with Gasteiger partial charge >= 0.3 is 0 Å². The molecular formula is C14H14N2O2S2. The highest BCUT2D eigenvalue weighted by Crippen LogP contribution is 2.21. The molecule has 0 aromatic carbocycles. The van der Waals surface area contributed by atoms with Crippen molar-refractivity contribution in [2.24, 2.45) is 0 Å². The van der Waals surface area contributed by atoms with Crippen molar-refractivity contribution in [2.45, 2.75) is 6.92 Å². The maximum Gasteiger partial charge on any atom is 0.266 e. The third-order valence-electron chi connectivity index (χ3n) is 2.79. The summed E-state index contributed by atoms with van der Waals surface area (Å²) in [5.41, 5.74) is 0.934. The van der Waals surface area contributed by atoms with Crippen molar-refractivity contribution in [2.75, 3.05) is 13.6 Å². The molecule has 1 aromatic rings. The standard InChI is InChI=1S/C14H14N2O2S2/c1-9(2)8-16-13(18)11(7-10-5-4-6-20-10)12(17)15(3)14(16)19/h4-7H,1,8H2,2-3H3/b11-7+. The number of rotatable bonds is 3. The molecule has 1 fully saturated rings. The largest absolute Gasteiger partial charge is 0.288 e. The number of hydrogen-bond donors (Lipinski definition) is 0. The van der Waals surface area contributed by atoms with Crippen LogP contribution in [0.25, 0.3) is 6.08 Å². The van der Waals surface area contributed by atoms with Crippen LogP contribution in [0.15, 0.2) is 35.2 Å². The molecule has 0 aliphatic carbocycles. The Hall–Kier alpha value is -1.79. The van der Waals surface area contributed by atoms with Gasteiger partial charge in [0.2, 0.25) is 0 Å². The molecule has 0 unspecified atom stereocenters. The summed E-state index contributed by atoms with van der Waals surface area (Å²) in [4.78, 5) is 28.2. The molecule has 6 heteroatoms. The van der Waals surface area contributed by atoms with E-state index in [1.165, 1.54) is 21.1 Å². The lowest BCUT2D eigenvalue weighted by molar-refractivity contribution is -0.132. The van der Waals surface area contributed by atoms with Gasteiger partial charge in [-0.2, -0.15) is 0 Å². The zero-order valence-corrected chi connectivity index (χ0v) is 12.9. The molecule has 0 radical (unpaired) electrons. The number of carbonyl (C=O) groups excluding carboxylic acids is 2. The predicted octanol–water partition coefficient (Wildman–Crippen LogP) is 2.29. The van der Waals surface area contributed by atoms with Gasteiger partial charge in [-0.3, -0.25) is 19.4 Å². The first-order chi connectivity index (χ1) is 9.41. The molecule has 20 heavy (non-hydrogen) atoms. The first-order valence-electron chi connectivity index (χ1n) is 5.95. The number of thiophene rings is 1. The van der Waals surface area contributed by atoms with Crippen LogP contribution in [0.2, 0.25) is 0 Å². The number of hydrogen-bond acceptors (Lipinski definition) is 4. The van der Waals surface area contributed by atoms with Gasteiger partial charge in [0, 0.05) is 18.5 Å². The van der Waals surface area contributed by atoms with Crippen LogP contribution in [-0.4, -0.2) is 40.3 Å². The Kier molecular flexibility index (Phi) is 4.15. The molecule has 1 saturated heterocycles. The average Bonchev–Trinajstić information content (AvgIpc) is 2.90. The maximum absolute atomic E-state index is 12.4. The van der Waals surface area contributed by atoms with Crippen LogP contribution in [0.5, 0.6) is 0 Å². The van der Waals surface area contributed by atoms with Crippen LogP contribution < -0.4 is 0 Å². The summed E-state index contributed by atoms with van der Waals surface area (Å²) in [6.45, 7) is 5.92. The molecule has 0 spiro atoms. The van der Waals surface area contributed by atoms with E-state index in [2.05, 4.69) is 6.58 Å². The van der Waals surface area contributed by atoms with E-state index in [0.29, 0.717) is 6.54 Å². The molecule has 0 N–H and O–H groups in total. The Morgan fingerprint density at radius 2 is 2.15 bits per heavy atom. The third kappa shape index (κ3) is 2.71. The fraction of sp³-hybridized carbons (Fsp3) is 0.214. The van der Waals surface area contributed by atoms with Gasteiger partial charge < -0.3 is 0 Å². The summed E-state index contributed by atoms with van der Waals surface area (Å²) >= 11 is 6.64. The first-order valence-corrected chi connectivity index (χ1v) is 7.24. The maximum atomic E-state index is 12.4. The summed E-state index contributed by atoms with van der Waals surface area (Å²) < 4.78 is 0. The van der Waals surface area contributed by atoms with Crippen LogP contribution in [0.4, 0.5) is 0 Å². The number of carbonyl (C=O) groups is 2. The highest BCUT2D eigenvalue weighted by molar-refractivity contribution is 7.80. The summed E-state index contributed by atoms with van der Waals surface area (Å²) in [7, 11) is 1.57. The Morgan fingerprint density at radius 3 is 2.70 bits per heavy atom. The second-order valence-corrected chi connectivity index (χ2v) is 5.91. The zero-order valence-electron chi connectivity index (χ0n) is 11.3. The van der Waals surface area contributed by atoms with E-state index in [9.17, 15) is 9.59 Å².